The van der Waals surface area contributed by atoms with Crippen LogP contribution in [0.25, 0.3) is 0 Å². The summed E-state index contributed by atoms with van der Waals surface area (Å²) in [6.45, 7) is 6.92. The molecule has 17 heavy (non-hydrogen) atoms. The number of ether oxygens (including phenoxy) is 2. The van der Waals surface area contributed by atoms with Crippen molar-refractivity contribution >= 4 is 0 Å². The van der Waals surface area contributed by atoms with Gasteiger partial charge in [-0.25, -0.2) is 0 Å². The molecule has 1 N–H and O–H groups in total. The first-order valence-electron chi connectivity index (χ1n) is 6.21. The second-order valence-corrected chi connectivity index (χ2v) is 4.14. The molecule has 0 spiro atoms. The van der Waals surface area contributed by atoms with Gasteiger partial charge in [0.05, 0.1) is 12.7 Å². The van der Waals surface area contributed by atoms with Crippen LogP contribution in [-0.2, 0) is 0 Å². The fourth-order valence-corrected chi connectivity index (χ4v) is 1.46. The summed E-state index contributed by atoms with van der Waals surface area (Å²) >= 11 is 0. The number of aliphatic hydroxyl groups is 1. The summed E-state index contributed by atoms with van der Waals surface area (Å²) in [5, 5.41) is 9.83. The van der Waals surface area contributed by atoms with Crippen molar-refractivity contribution in [3.8, 4) is 11.5 Å². The average molecular weight is 238 g/mol. The molecule has 2 atom stereocenters. The normalized spacial score (nSPS) is 14.1. The van der Waals surface area contributed by atoms with Crippen LogP contribution in [0.5, 0.6) is 11.5 Å². The van der Waals surface area contributed by atoms with Crippen LogP contribution in [-0.4, -0.2) is 24.4 Å². The van der Waals surface area contributed by atoms with Gasteiger partial charge < -0.3 is 14.6 Å². The first-order chi connectivity index (χ1) is 8.19. The Labute approximate surface area is 103 Å². The molecule has 0 aliphatic heterocycles. The highest BCUT2D eigenvalue weighted by atomic mass is 16.5. The van der Waals surface area contributed by atoms with Crippen molar-refractivity contribution < 1.29 is 14.6 Å². The summed E-state index contributed by atoms with van der Waals surface area (Å²) in [5.41, 5.74) is 0. The Hall–Kier alpha value is -1.22. The van der Waals surface area contributed by atoms with E-state index >= 15 is 0 Å². The molecule has 1 rings (SSSR count). The van der Waals surface area contributed by atoms with E-state index in [-0.39, 0.29) is 5.92 Å². The highest BCUT2D eigenvalue weighted by molar-refractivity contribution is 5.39. The molecule has 1 aromatic rings. The van der Waals surface area contributed by atoms with Gasteiger partial charge in [-0.15, -0.1) is 0 Å². The molecule has 0 bridgehead atoms. The molecule has 0 heterocycles. The van der Waals surface area contributed by atoms with Gasteiger partial charge in [0, 0.05) is 0 Å². The molecule has 3 heteroatoms. The Morgan fingerprint density at radius 3 is 2.24 bits per heavy atom. The third-order valence-electron chi connectivity index (χ3n) is 2.86. The first kappa shape index (κ1) is 13.8. The number of para-hydroxylation sites is 2. The van der Waals surface area contributed by atoms with Crippen LogP contribution in [0.15, 0.2) is 24.3 Å². The summed E-state index contributed by atoms with van der Waals surface area (Å²) in [6, 6.07) is 7.53. The quantitative estimate of drug-likeness (QED) is 0.794. The van der Waals surface area contributed by atoms with Crippen LogP contribution in [0, 0.1) is 5.92 Å². The lowest BCUT2D eigenvalue weighted by molar-refractivity contribution is 0.0609. The monoisotopic (exact) mass is 238 g/mol. The van der Waals surface area contributed by atoms with Gasteiger partial charge in [0.25, 0.3) is 0 Å². The van der Waals surface area contributed by atoms with Gasteiger partial charge in [0.15, 0.2) is 11.5 Å². The standard InChI is InChI=1S/C14H22O3/c1-4-11(3)12(15)10-17-14-9-7-6-8-13(14)16-5-2/h6-9,11-12,15H,4-5,10H2,1-3H3. The lowest BCUT2D eigenvalue weighted by Gasteiger charge is -2.18. The molecule has 1 aromatic carbocycles. The molecule has 0 saturated heterocycles. The van der Waals surface area contributed by atoms with Crippen LogP contribution in [0.4, 0.5) is 0 Å². The van der Waals surface area contributed by atoms with Crippen LogP contribution in [0.2, 0.25) is 0 Å². The van der Waals surface area contributed by atoms with Crippen molar-refractivity contribution in [3.63, 3.8) is 0 Å². The highest BCUT2D eigenvalue weighted by Crippen LogP contribution is 2.26. The SMILES string of the molecule is CCOc1ccccc1OCC(O)C(C)CC. The predicted molar refractivity (Wildman–Crippen MR) is 68.6 cm³/mol. The third-order valence-corrected chi connectivity index (χ3v) is 2.86. The molecule has 0 saturated carbocycles. The van der Waals surface area contributed by atoms with Crippen LogP contribution < -0.4 is 9.47 Å². The Kier molecular flexibility index (Phi) is 5.84. The van der Waals surface area contributed by atoms with Gasteiger partial charge >= 0.3 is 0 Å². The molecule has 96 valence electrons. The smallest absolute Gasteiger partial charge is 0.161 e. The zero-order valence-corrected chi connectivity index (χ0v) is 10.8. The fraction of sp³-hybridized carbons (Fsp3) is 0.571. The highest BCUT2D eigenvalue weighted by Gasteiger charge is 2.14. The van der Waals surface area contributed by atoms with E-state index in [1.807, 2.05) is 38.1 Å². The second-order valence-electron chi connectivity index (χ2n) is 4.14. The number of hydrogen-bond donors (Lipinski definition) is 1. The first-order valence-corrected chi connectivity index (χ1v) is 6.21. The van der Waals surface area contributed by atoms with E-state index in [2.05, 4.69) is 6.92 Å². The minimum absolute atomic E-state index is 0.245. The lowest BCUT2D eigenvalue weighted by Crippen LogP contribution is -2.24. The van der Waals surface area contributed by atoms with Crippen molar-refractivity contribution in [1.82, 2.24) is 0 Å². The molecular weight excluding hydrogens is 216 g/mol. The van der Waals surface area contributed by atoms with Gasteiger partial charge in [-0.3, -0.25) is 0 Å². The summed E-state index contributed by atoms with van der Waals surface area (Å²) in [7, 11) is 0. The molecule has 3 nitrogen and oxygen atoms in total. The Morgan fingerprint density at radius 2 is 1.71 bits per heavy atom. The molecular formula is C14H22O3. The largest absolute Gasteiger partial charge is 0.490 e. The zero-order valence-electron chi connectivity index (χ0n) is 10.8. The van der Waals surface area contributed by atoms with Crippen LogP contribution >= 0.6 is 0 Å². The molecule has 0 radical (unpaired) electrons. The van der Waals surface area contributed by atoms with E-state index in [0.717, 1.165) is 12.2 Å². The minimum Gasteiger partial charge on any atom is -0.490 e. The average Bonchev–Trinajstić information content (AvgIpc) is 2.36. The minimum atomic E-state index is -0.435. The van der Waals surface area contributed by atoms with E-state index in [9.17, 15) is 5.11 Å². The van der Waals surface area contributed by atoms with Crippen molar-refractivity contribution in [1.29, 1.82) is 0 Å². The van der Waals surface area contributed by atoms with E-state index < -0.39 is 6.10 Å². The second kappa shape index (κ2) is 7.17. The van der Waals surface area contributed by atoms with Crippen LogP contribution in [0.1, 0.15) is 27.2 Å². The maximum absolute atomic E-state index is 9.83. The molecule has 2 unspecified atom stereocenters. The molecule has 0 aliphatic rings. The van der Waals surface area contributed by atoms with Crippen molar-refractivity contribution in [2.75, 3.05) is 13.2 Å². The van der Waals surface area contributed by atoms with Crippen LogP contribution in [0.3, 0.4) is 0 Å². The summed E-state index contributed by atoms with van der Waals surface area (Å²) in [4.78, 5) is 0. The summed E-state index contributed by atoms with van der Waals surface area (Å²) in [6.07, 6.45) is 0.507. The Morgan fingerprint density at radius 1 is 1.12 bits per heavy atom. The van der Waals surface area contributed by atoms with E-state index in [1.54, 1.807) is 0 Å². The Balaban J connectivity index is 2.56. The van der Waals surface area contributed by atoms with Gasteiger partial charge in [-0.2, -0.15) is 0 Å². The number of benzene rings is 1. The summed E-state index contributed by atoms with van der Waals surface area (Å²) in [5.74, 6) is 1.66. The van der Waals surface area contributed by atoms with Gasteiger partial charge in [0.1, 0.15) is 6.61 Å². The molecule has 0 aromatic heterocycles. The summed E-state index contributed by atoms with van der Waals surface area (Å²) < 4.78 is 11.0. The molecule has 0 amide bonds. The fourth-order valence-electron chi connectivity index (χ4n) is 1.46. The predicted octanol–water partition coefficient (Wildman–Crippen LogP) is 2.87. The van der Waals surface area contributed by atoms with E-state index in [0.29, 0.717) is 19.0 Å². The number of hydrogen-bond acceptors (Lipinski definition) is 3. The molecule has 0 aliphatic carbocycles. The van der Waals surface area contributed by atoms with Crippen molar-refractivity contribution in [3.05, 3.63) is 24.3 Å². The number of rotatable bonds is 7. The maximum Gasteiger partial charge on any atom is 0.161 e. The Bertz CT molecular complexity index is 325. The molecule has 0 fully saturated rings. The van der Waals surface area contributed by atoms with E-state index in [1.165, 1.54) is 0 Å². The van der Waals surface area contributed by atoms with Crippen molar-refractivity contribution in [2.45, 2.75) is 33.3 Å². The van der Waals surface area contributed by atoms with Gasteiger partial charge in [-0.1, -0.05) is 32.4 Å². The van der Waals surface area contributed by atoms with E-state index in [4.69, 9.17) is 9.47 Å². The third kappa shape index (κ3) is 4.27. The van der Waals surface area contributed by atoms with Gasteiger partial charge in [0.2, 0.25) is 0 Å². The lowest BCUT2D eigenvalue weighted by atomic mass is 10.0. The topological polar surface area (TPSA) is 38.7 Å². The van der Waals surface area contributed by atoms with Gasteiger partial charge in [-0.05, 0) is 25.0 Å². The maximum atomic E-state index is 9.83. The zero-order chi connectivity index (χ0) is 12.7. The van der Waals surface area contributed by atoms with Crippen molar-refractivity contribution in [2.24, 2.45) is 5.92 Å². The number of aliphatic hydroxyl groups excluding tert-OH is 1.